The van der Waals surface area contributed by atoms with E-state index < -0.39 is 0 Å². The van der Waals surface area contributed by atoms with E-state index in [1.165, 1.54) is 0 Å². The van der Waals surface area contributed by atoms with Gasteiger partial charge in [-0.05, 0) is 26.8 Å². The van der Waals surface area contributed by atoms with Gasteiger partial charge in [0.05, 0.1) is 0 Å². The van der Waals surface area contributed by atoms with Crippen molar-refractivity contribution in [3.63, 3.8) is 0 Å². The maximum atomic E-state index is 12.2. The summed E-state index contributed by atoms with van der Waals surface area (Å²) in [5.41, 5.74) is 0.925. The van der Waals surface area contributed by atoms with Crippen LogP contribution in [-0.2, 0) is 0 Å². The lowest BCUT2D eigenvalue weighted by molar-refractivity contribution is 0.0674. The minimum absolute atomic E-state index is 0. The van der Waals surface area contributed by atoms with E-state index in [4.69, 9.17) is 4.42 Å². The zero-order chi connectivity index (χ0) is 11.7. The number of rotatable bonds is 1. The standard InChI is InChI=1S/C12H18N2O2.ClH/c1-8-6-10(3)16-11(8)12(15)14-5-4-13-9(2)7-14;/h6,9,13H,4-5,7H2,1-3H3;1H. The molecule has 4 nitrogen and oxygen atoms in total. The Balaban J connectivity index is 0.00000144. The molecule has 1 atom stereocenters. The van der Waals surface area contributed by atoms with Crippen molar-refractivity contribution in [3.8, 4) is 0 Å². The van der Waals surface area contributed by atoms with Gasteiger partial charge in [-0.25, -0.2) is 0 Å². The lowest BCUT2D eigenvalue weighted by Gasteiger charge is -2.31. The smallest absolute Gasteiger partial charge is 0.289 e. The number of aryl methyl sites for hydroxylation is 2. The van der Waals surface area contributed by atoms with E-state index in [0.29, 0.717) is 11.8 Å². The zero-order valence-corrected chi connectivity index (χ0v) is 11.3. The van der Waals surface area contributed by atoms with Crippen LogP contribution in [-0.4, -0.2) is 36.5 Å². The van der Waals surface area contributed by atoms with Crippen molar-refractivity contribution in [1.29, 1.82) is 0 Å². The predicted molar refractivity (Wildman–Crippen MR) is 68.8 cm³/mol. The quantitative estimate of drug-likeness (QED) is 0.835. The molecule has 1 aliphatic heterocycles. The SMILES string of the molecule is Cc1cc(C)c(C(=O)N2CCNC(C)C2)o1.Cl. The van der Waals surface area contributed by atoms with E-state index in [1.54, 1.807) is 0 Å². The summed E-state index contributed by atoms with van der Waals surface area (Å²) >= 11 is 0. The van der Waals surface area contributed by atoms with E-state index in [-0.39, 0.29) is 18.3 Å². The number of carbonyl (C=O) groups is 1. The Labute approximate surface area is 108 Å². The summed E-state index contributed by atoms with van der Waals surface area (Å²) in [5, 5.41) is 3.31. The predicted octanol–water partition coefficient (Wildman–Crippen LogP) is 1.75. The number of halogens is 1. The molecule has 1 N–H and O–H groups in total. The minimum atomic E-state index is 0. The highest BCUT2D eigenvalue weighted by Gasteiger charge is 2.25. The van der Waals surface area contributed by atoms with Crippen LogP contribution in [0.4, 0.5) is 0 Å². The van der Waals surface area contributed by atoms with Crippen LogP contribution in [0.1, 0.15) is 28.8 Å². The molecule has 1 aromatic heterocycles. The zero-order valence-electron chi connectivity index (χ0n) is 10.4. The number of carbonyl (C=O) groups excluding carboxylic acids is 1. The third kappa shape index (κ3) is 3.01. The molecular formula is C12H19ClN2O2. The summed E-state index contributed by atoms with van der Waals surface area (Å²) in [6.07, 6.45) is 0. The van der Waals surface area contributed by atoms with Gasteiger partial charge in [0.25, 0.3) is 5.91 Å². The Bertz CT molecular complexity index is 403. The lowest BCUT2D eigenvalue weighted by Crippen LogP contribution is -2.51. The van der Waals surface area contributed by atoms with E-state index in [9.17, 15) is 4.79 Å². The Morgan fingerprint density at radius 2 is 2.24 bits per heavy atom. The maximum Gasteiger partial charge on any atom is 0.289 e. The van der Waals surface area contributed by atoms with Crippen LogP contribution in [0.15, 0.2) is 10.5 Å². The van der Waals surface area contributed by atoms with Crippen LogP contribution in [0, 0.1) is 13.8 Å². The first-order valence-corrected chi connectivity index (χ1v) is 5.67. The Morgan fingerprint density at radius 3 is 2.76 bits per heavy atom. The lowest BCUT2D eigenvalue weighted by atomic mass is 10.2. The molecule has 5 heteroatoms. The first-order valence-electron chi connectivity index (χ1n) is 5.67. The highest BCUT2D eigenvalue weighted by atomic mass is 35.5. The van der Waals surface area contributed by atoms with Crippen molar-refractivity contribution in [1.82, 2.24) is 10.2 Å². The van der Waals surface area contributed by atoms with Gasteiger partial charge in [-0.3, -0.25) is 4.79 Å². The molecule has 1 fully saturated rings. The highest BCUT2D eigenvalue weighted by Crippen LogP contribution is 2.16. The number of piperazine rings is 1. The van der Waals surface area contributed by atoms with Crippen LogP contribution in [0.3, 0.4) is 0 Å². The van der Waals surface area contributed by atoms with Crippen molar-refractivity contribution in [3.05, 3.63) is 23.2 Å². The Hall–Kier alpha value is -1.00. The molecule has 0 bridgehead atoms. The van der Waals surface area contributed by atoms with Gasteiger partial charge >= 0.3 is 0 Å². The summed E-state index contributed by atoms with van der Waals surface area (Å²) in [7, 11) is 0. The van der Waals surface area contributed by atoms with Crippen molar-refractivity contribution in [2.45, 2.75) is 26.8 Å². The fourth-order valence-corrected chi connectivity index (χ4v) is 2.11. The molecule has 17 heavy (non-hydrogen) atoms. The average molecular weight is 259 g/mol. The molecule has 0 saturated carbocycles. The molecular weight excluding hydrogens is 240 g/mol. The van der Waals surface area contributed by atoms with Gasteiger partial charge in [-0.1, -0.05) is 0 Å². The van der Waals surface area contributed by atoms with E-state index >= 15 is 0 Å². The van der Waals surface area contributed by atoms with Gasteiger partial charge in [0.2, 0.25) is 0 Å². The molecule has 2 heterocycles. The second kappa shape index (κ2) is 5.56. The van der Waals surface area contributed by atoms with E-state index in [1.807, 2.05) is 24.8 Å². The molecule has 1 unspecified atom stereocenters. The van der Waals surface area contributed by atoms with Gasteiger partial charge < -0.3 is 14.6 Å². The van der Waals surface area contributed by atoms with Gasteiger partial charge in [0, 0.05) is 31.2 Å². The largest absolute Gasteiger partial charge is 0.456 e. The number of nitrogens with zero attached hydrogens (tertiary/aromatic N) is 1. The number of nitrogens with one attached hydrogen (secondary N) is 1. The normalized spacial score (nSPS) is 19.9. The molecule has 2 rings (SSSR count). The van der Waals surface area contributed by atoms with Crippen molar-refractivity contribution in [2.24, 2.45) is 0 Å². The molecule has 1 aliphatic rings. The van der Waals surface area contributed by atoms with Crippen LogP contribution >= 0.6 is 12.4 Å². The monoisotopic (exact) mass is 258 g/mol. The van der Waals surface area contributed by atoms with Gasteiger partial charge in [-0.2, -0.15) is 0 Å². The molecule has 1 amide bonds. The van der Waals surface area contributed by atoms with Crippen LogP contribution in [0.25, 0.3) is 0 Å². The molecule has 0 radical (unpaired) electrons. The molecule has 96 valence electrons. The van der Waals surface area contributed by atoms with Gasteiger partial charge in [0.15, 0.2) is 5.76 Å². The molecule has 0 spiro atoms. The van der Waals surface area contributed by atoms with E-state index in [0.717, 1.165) is 31.0 Å². The summed E-state index contributed by atoms with van der Waals surface area (Å²) in [6, 6.07) is 2.26. The maximum absolute atomic E-state index is 12.2. The number of hydrogen-bond acceptors (Lipinski definition) is 3. The second-order valence-electron chi connectivity index (χ2n) is 4.48. The first kappa shape index (κ1) is 14.1. The summed E-state index contributed by atoms with van der Waals surface area (Å²) < 4.78 is 5.45. The fourth-order valence-electron chi connectivity index (χ4n) is 2.11. The Kier molecular flexibility index (Phi) is 4.60. The summed E-state index contributed by atoms with van der Waals surface area (Å²) in [4.78, 5) is 14.0. The Morgan fingerprint density at radius 1 is 1.53 bits per heavy atom. The fraction of sp³-hybridized carbons (Fsp3) is 0.583. The van der Waals surface area contributed by atoms with Gasteiger partial charge in [-0.15, -0.1) is 12.4 Å². The third-order valence-corrected chi connectivity index (χ3v) is 2.89. The highest BCUT2D eigenvalue weighted by molar-refractivity contribution is 5.93. The van der Waals surface area contributed by atoms with Crippen LogP contribution < -0.4 is 5.32 Å². The van der Waals surface area contributed by atoms with Crippen molar-refractivity contribution < 1.29 is 9.21 Å². The topological polar surface area (TPSA) is 45.5 Å². The van der Waals surface area contributed by atoms with E-state index in [2.05, 4.69) is 12.2 Å². The minimum Gasteiger partial charge on any atom is -0.456 e. The summed E-state index contributed by atoms with van der Waals surface area (Å²) in [6.45, 7) is 8.21. The number of hydrogen-bond donors (Lipinski definition) is 1. The van der Waals surface area contributed by atoms with Crippen molar-refractivity contribution >= 4 is 18.3 Å². The molecule has 1 aromatic rings. The molecule has 1 saturated heterocycles. The molecule has 0 aromatic carbocycles. The number of furan rings is 1. The average Bonchev–Trinajstić information content (AvgIpc) is 2.57. The summed E-state index contributed by atoms with van der Waals surface area (Å²) in [5.74, 6) is 1.30. The van der Waals surface area contributed by atoms with Crippen molar-refractivity contribution in [2.75, 3.05) is 19.6 Å². The third-order valence-electron chi connectivity index (χ3n) is 2.89. The van der Waals surface area contributed by atoms with Crippen LogP contribution in [0.2, 0.25) is 0 Å². The first-order chi connectivity index (χ1) is 7.58. The van der Waals surface area contributed by atoms with Gasteiger partial charge in [0.1, 0.15) is 5.76 Å². The second-order valence-corrected chi connectivity index (χ2v) is 4.48. The number of amides is 1. The van der Waals surface area contributed by atoms with Crippen LogP contribution in [0.5, 0.6) is 0 Å². The molecule has 0 aliphatic carbocycles.